The van der Waals surface area contributed by atoms with Gasteiger partial charge in [-0.05, 0) is 49.6 Å². The standard InChI is InChI=1S/C20H25ClN2O3S/c1-4-19(20(24)22-14-13-16-7-9-17(21)10-8-16)23(27(3,25)26)18-11-5-15(2)6-12-18/h5-12,19H,4,13-14H2,1-3H3,(H,22,24)/t19-/m0/s1. The number of sulfonamides is 1. The van der Waals surface area contributed by atoms with Crippen molar-refractivity contribution in [3.05, 3.63) is 64.7 Å². The Morgan fingerprint density at radius 1 is 1.11 bits per heavy atom. The molecule has 1 atom stereocenters. The molecule has 2 rings (SSSR count). The summed E-state index contributed by atoms with van der Waals surface area (Å²) in [5, 5.41) is 3.52. The fraction of sp³-hybridized carbons (Fsp3) is 0.350. The van der Waals surface area contributed by atoms with Gasteiger partial charge < -0.3 is 5.32 Å². The van der Waals surface area contributed by atoms with E-state index < -0.39 is 16.1 Å². The van der Waals surface area contributed by atoms with E-state index in [9.17, 15) is 13.2 Å². The largest absolute Gasteiger partial charge is 0.354 e. The van der Waals surface area contributed by atoms with Crippen molar-refractivity contribution in [2.75, 3.05) is 17.1 Å². The van der Waals surface area contributed by atoms with E-state index in [0.717, 1.165) is 17.4 Å². The van der Waals surface area contributed by atoms with Crippen LogP contribution in [-0.2, 0) is 21.2 Å². The number of nitrogens with zero attached hydrogens (tertiary/aromatic N) is 1. The first-order valence-electron chi connectivity index (χ1n) is 8.80. The number of halogens is 1. The van der Waals surface area contributed by atoms with Crippen LogP contribution in [0.3, 0.4) is 0 Å². The lowest BCUT2D eigenvalue weighted by Gasteiger charge is -2.30. The smallest absolute Gasteiger partial charge is 0.243 e. The van der Waals surface area contributed by atoms with E-state index in [0.29, 0.717) is 30.1 Å². The number of benzene rings is 2. The van der Waals surface area contributed by atoms with Gasteiger partial charge in [0, 0.05) is 11.6 Å². The fourth-order valence-electron chi connectivity index (χ4n) is 2.85. The lowest BCUT2D eigenvalue weighted by molar-refractivity contribution is -0.122. The highest BCUT2D eigenvalue weighted by Crippen LogP contribution is 2.23. The van der Waals surface area contributed by atoms with E-state index in [4.69, 9.17) is 11.6 Å². The van der Waals surface area contributed by atoms with Crippen molar-refractivity contribution in [2.45, 2.75) is 32.7 Å². The summed E-state index contributed by atoms with van der Waals surface area (Å²) in [6.07, 6.45) is 2.13. The molecule has 0 fully saturated rings. The number of amides is 1. The van der Waals surface area contributed by atoms with Gasteiger partial charge in [0.15, 0.2) is 0 Å². The number of carbonyl (C=O) groups excluding carboxylic acids is 1. The van der Waals surface area contributed by atoms with Crippen LogP contribution < -0.4 is 9.62 Å². The lowest BCUT2D eigenvalue weighted by Crippen LogP contribution is -2.49. The Balaban J connectivity index is 2.11. The van der Waals surface area contributed by atoms with Gasteiger partial charge in [-0.25, -0.2) is 8.42 Å². The van der Waals surface area contributed by atoms with Gasteiger partial charge in [-0.15, -0.1) is 0 Å². The molecule has 1 N–H and O–H groups in total. The minimum atomic E-state index is -3.61. The molecule has 2 aromatic carbocycles. The van der Waals surface area contributed by atoms with Crippen LogP contribution in [-0.4, -0.2) is 33.2 Å². The fourth-order valence-corrected chi connectivity index (χ4v) is 4.19. The molecule has 1 amide bonds. The van der Waals surface area contributed by atoms with Crippen LogP contribution in [0.4, 0.5) is 5.69 Å². The van der Waals surface area contributed by atoms with Gasteiger partial charge in [-0.1, -0.05) is 48.4 Å². The monoisotopic (exact) mass is 408 g/mol. The Bertz CT molecular complexity index is 865. The van der Waals surface area contributed by atoms with Crippen molar-refractivity contribution in [2.24, 2.45) is 0 Å². The summed E-state index contributed by atoms with van der Waals surface area (Å²) in [6, 6.07) is 13.7. The van der Waals surface area contributed by atoms with E-state index in [1.807, 2.05) is 31.2 Å². The van der Waals surface area contributed by atoms with Crippen molar-refractivity contribution >= 4 is 33.2 Å². The number of carbonyl (C=O) groups is 1. The van der Waals surface area contributed by atoms with Crippen molar-refractivity contribution in [3.63, 3.8) is 0 Å². The third kappa shape index (κ3) is 5.97. The minimum absolute atomic E-state index is 0.308. The summed E-state index contributed by atoms with van der Waals surface area (Å²) in [5.41, 5.74) is 2.56. The second-order valence-corrected chi connectivity index (χ2v) is 8.78. The highest BCUT2D eigenvalue weighted by Gasteiger charge is 2.31. The van der Waals surface area contributed by atoms with Crippen molar-refractivity contribution in [1.82, 2.24) is 5.32 Å². The average Bonchev–Trinajstić information content (AvgIpc) is 2.61. The molecule has 0 saturated heterocycles. The maximum absolute atomic E-state index is 12.7. The van der Waals surface area contributed by atoms with E-state index in [1.165, 1.54) is 4.31 Å². The highest BCUT2D eigenvalue weighted by molar-refractivity contribution is 7.92. The van der Waals surface area contributed by atoms with Crippen LogP contribution in [0.5, 0.6) is 0 Å². The summed E-state index contributed by atoms with van der Waals surface area (Å²) >= 11 is 5.87. The van der Waals surface area contributed by atoms with E-state index >= 15 is 0 Å². The normalized spacial score (nSPS) is 12.4. The van der Waals surface area contributed by atoms with Gasteiger partial charge in [0.25, 0.3) is 0 Å². The molecule has 27 heavy (non-hydrogen) atoms. The Morgan fingerprint density at radius 2 is 1.70 bits per heavy atom. The predicted octanol–water partition coefficient (Wildman–Crippen LogP) is 3.55. The van der Waals surface area contributed by atoms with Gasteiger partial charge in [-0.2, -0.15) is 0 Å². The van der Waals surface area contributed by atoms with Gasteiger partial charge in [0.2, 0.25) is 15.9 Å². The molecule has 0 bridgehead atoms. The zero-order valence-electron chi connectivity index (χ0n) is 15.8. The molecule has 0 aromatic heterocycles. The summed E-state index contributed by atoms with van der Waals surface area (Å²) < 4.78 is 26.0. The maximum Gasteiger partial charge on any atom is 0.243 e. The molecule has 0 radical (unpaired) electrons. The van der Waals surface area contributed by atoms with E-state index in [-0.39, 0.29) is 5.91 Å². The van der Waals surface area contributed by atoms with Gasteiger partial charge in [0.1, 0.15) is 6.04 Å². The Hall–Kier alpha value is -2.05. The zero-order chi connectivity index (χ0) is 20.0. The van der Waals surface area contributed by atoms with Crippen LogP contribution in [0.15, 0.2) is 48.5 Å². The molecular weight excluding hydrogens is 384 g/mol. The summed E-state index contributed by atoms with van der Waals surface area (Å²) in [7, 11) is -3.61. The number of nitrogens with one attached hydrogen (secondary N) is 1. The van der Waals surface area contributed by atoms with Crippen molar-refractivity contribution in [1.29, 1.82) is 0 Å². The number of anilines is 1. The average molecular weight is 409 g/mol. The quantitative estimate of drug-likeness (QED) is 0.726. The van der Waals surface area contributed by atoms with Gasteiger partial charge in [0.05, 0.1) is 11.9 Å². The lowest BCUT2D eigenvalue weighted by atomic mass is 10.1. The van der Waals surface area contributed by atoms with Crippen molar-refractivity contribution in [3.8, 4) is 0 Å². The molecule has 2 aromatic rings. The second kappa shape index (κ2) is 9.24. The van der Waals surface area contributed by atoms with Crippen LogP contribution in [0.2, 0.25) is 5.02 Å². The molecule has 0 unspecified atom stereocenters. The number of hydrogen-bond acceptors (Lipinski definition) is 3. The topological polar surface area (TPSA) is 66.5 Å². The molecule has 7 heteroatoms. The minimum Gasteiger partial charge on any atom is -0.354 e. The third-order valence-electron chi connectivity index (χ3n) is 4.24. The van der Waals surface area contributed by atoms with Crippen molar-refractivity contribution < 1.29 is 13.2 Å². The zero-order valence-corrected chi connectivity index (χ0v) is 17.3. The first kappa shape index (κ1) is 21.3. The number of hydrogen-bond donors (Lipinski definition) is 1. The molecular formula is C20H25ClN2O3S. The Kier molecular flexibility index (Phi) is 7.27. The molecule has 0 heterocycles. The van der Waals surface area contributed by atoms with Crippen LogP contribution in [0.1, 0.15) is 24.5 Å². The Labute approximate surface area is 166 Å². The molecule has 0 saturated carbocycles. The highest BCUT2D eigenvalue weighted by atomic mass is 35.5. The molecule has 0 aliphatic carbocycles. The summed E-state index contributed by atoms with van der Waals surface area (Å²) in [6.45, 7) is 4.15. The maximum atomic E-state index is 12.7. The van der Waals surface area contributed by atoms with E-state index in [2.05, 4.69) is 5.32 Å². The van der Waals surface area contributed by atoms with E-state index in [1.54, 1.807) is 31.2 Å². The van der Waals surface area contributed by atoms with Crippen LogP contribution in [0, 0.1) is 6.92 Å². The first-order chi connectivity index (χ1) is 12.7. The molecule has 5 nitrogen and oxygen atoms in total. The molecule has 0 aliphatic heterocycles. The Morgan fingerprint density at radius 3 is 2.22 bits per heavy atom. The van der Waals surface area contributed by atoms with Gasteiger partial charge in [-0.3, -0.25) is 9.10 Å². The SMILES string of the molecule is CC[C@@H](C(=O)NCCc1ccc(Cl)cc1)N(c1ccc(C)cc1)S(C)(=O)=O. The number of rotatable bonds is 8. The molecule has 0 spiro atoms. The summed E-state index contributed by atoms with van der Waals surface area (Å²) in [4.78, 5) is 12.7. The molecule has 0 aliphatic rings. The van der Waals surface area contributed by atoms with Crippen LogP contribution >= 0.6 is 11.6 Å². The van der Waals surface area contributed by atoms with Crippen LogP contribution in [0.25, 0.3) is 0 Å². The van der Waals surface area contributed by atoms with Gasteiger partial charge >= 0.3 is 0 Å². The molecule has 146 valence electrons. The first-order valence-corrected chi connectivity index (χ1v) is 11.0. The third-order valence-corrected chi connectivity index (χ3v) is 5.68. The summed E-state index contributed by atoms with van der Waals surface area (Å²) in [5.74, 6) is -0.308. The second-order valence-electron chi connectivity index (χ2n) is 6.49. The number of aryl methyl sites for hydroxylation is 1. The predicted molar refractivity (Wildman–Crippen MR) is 111 cm³/mol.